The fourth-order valence-corrected chi connectivity index (χ4v) is 4.93. The average Bonchev–Trinajstić information content (AvgIpc) is 3.04. The van der Waals surface area contributed by atoms with E-state index in [1.807, 2.05) is 0 Å². The largest absolute Gasteiger partial charge is 0.452 e. The molecule has 0 N–H and O–H groups in total. The van der Waals surface area contributed by atoms with Crippen molar-refractivity contribution in [1.29, 1.82) is 0 Å². The molecule has 1 aliphatic heterocycles. The van der Waals surface area contributed by atoms with Gasteiger partial charge >= 0.3 is 5.97 Å². The van der Waals surface area contributed by atoms with Gasteiger partial charge in [0.15, 0.2) is 16.4 Å². The van der Waals surface area contributed by atoms with Gasteiger partial charge in [-0.3, -0.25) is 4.79 Å². The fourth-order valence-electron chi connectivity index (χ4n) is 3.20. The summed E-state index contributed by atoms with van der Waals surface area (Å²) in [5.41, 5.74) is -0.102. The highest BCUT2D eigenvalue weighted by Gasteiger charge is 2.35. The summed E-state index contributed by atoms with van der Waals surface area (Å²) in [6.45, 7) is -0.624. The van der Waals surface area contributed by atoms with Gasteiger partial charge in [0.1, 0.15) is 17.2 Å². The van der Waals surface area contributed by atoms with Crippen LogP contribution in [-0.4, -0.2) is 49.3 Å². The molecule has 1 saturated heterocycles. The van der Waals surface area contributed by atoms with E-state index in [0.29, 0.717) is 0 Å². The summed E-state index contributed by atoms with van der Waals surface area (Å²) in [5.74, 6) is -4.33. The molecule has 1 heterocycles. The highest BCUT2D eigenvalue weighted by molar-refractivity contribution is 7.91. The summed E-state index contributed by atoms with van der Waals surface area (Å²) in [4.78, 5) is 26.1. The van der Waals surface area contributed by atoms with Crippen molar-refractivity contribution in [3.63, 3.8) is 0 Å². The Labute approximate surface area is 167 Å². The number of halogens is 2. The third-order valence-electron chi connectivity index (χ3n) is 4.66. The highest BCUT2D eigenvalue weighted by atomic mass is 32.2. The smallest absolute Gasteiger partial charge is 0.344 e. The van der Waals surface area contributed by atoms with Crippen molar-refractivity contribution in [1.82, 2.24) is 4.90 Å². The maximum atomic E-state index is 13.7. The summed E-state index contributed by atoms with van der Waals surface area (Å²) in [7, 11) is -3.25. The maximum Gasteiger partial charge on any atom is 0.344 e. The molecular formula is C20H19F2NO5S. The lowest BCUT2D eigenvalue weighted by Crippen LogP contribution is -2.42. The highest BCUT2D eigenvalue weighted by Crippen LogP contribution is 2.21. The van der Waals surface area contributed by atoms with Crippen LogP contribution in [0.3, 0.4) is 0 Å². The number of hydrogen-bond acceptors (Lipinski definition) is 5. The summed E-state index contributed by atoms with van der Waals surface area (Å²) < 4.78 is 55.9. The molecule has 3 rings (SSSR count). The van der Waals surface area contributed by atoms with E-state index in [1.165, 1.54) is 4.90 Å². The topological polar surface area (TPSA) is 80.8 Å². The number of carbonyl (C=O) groups excluding carboxylic acids is 2. The molecule has 0 spiro atoms. The lowest BCUT2D eigenvalue weighted by molar-refractivity contribution is -0.137. The predicted octanol–water partition coefficient (Wildman–Crippen LogP) is 2.34. The number of esters is 1. The lowest BCUT2D eigenvalue weighted by atomic mass is 10.1. The summed E-state index contributed by atoms with van der Waals surface area (Å²) >= 11 is 0. The van der Waals surface area contributed by atoms with Crippen molar-refractivity contribution in [3.8, 4) is 0 Å². The molecule has 9 heteroatoms. The second-order valence-electron chi connectivity index (χ2n) is 6.74. The minimum Gasteiger partial charge on any atom is -0.452 e. The van der Waals surface area contributed by atoms with Crippen molar-refractivity contribution in [2.24, 2.45) is 0 Å². The Morgan fingerprint density at radius 3 is 2.28 bits per heavy atom. The monoisotopic (exact) mass is 423 g/mol. The van der Waals surface area contributed by atoms with Crippen molar-refractivity contribution in [2.75, 3.05) is 18.1 Å². The van der Waals surface area contributed by atoms with E-state index < -0.39 is 51.6 Å². The van der Waals surface area contributed by atoms with Crippen molar-refractivity contribution in [3.05, 3.63) is 71.3 Å². The molecule has 0 saturated carbocycles. The van der Waals surface area contributed by atoms with E-state index in [9.17, 15) is 26.8 Å². The predicted molar refractivity (Wildman–Crippen MR) is 101 cm³/mol. The zero-order valence-corrected chi connectivity index (χ0v) is 16.2. The first kappa shape index (κ1) is 20.9. The van der Waals surface area contributed by atoms with Crippen molar-refractivity contribution >= 4 is 21.7 Å². The lowest BCUT2D eigenvalue weighted by Gasteiger charge is -2.28. The number of nitrogens with zero attached hydrogens (tertiary/aromatic N) is 1. The summed E-state index contributed by atoms with van der Waals surface area (Å²) in [6, 6.07) is 11.3. The molecule has 1 amide bonds. The van der Waals surface area contributed by atoms with Crippen LogP contribution in [0.2, 0.25) is 0 Å². The van der Waals surface area contributed by atoms with Crippen LogP contribution >= 0.6 is 0 Å². The van der Waals surface area contributed by atoms with Crippen LogP contribution in [0.1, 0.15) is 22.3 Å². The van der Waals surface area contributed by atoms with Gasteiger partial charge in [0.2, 0.25) is 0 Å². The number of sulfone groups is 1. The second kappa shape index (κ2) is 8.69. The summed E-state index contributed by atoms with van der Waals surface area (Å²) in [5, 5.41) is 0. The minimum atomic E-state index is -3.25. The minimum absolute atomic E-state index is 0.0313. The van der Waals surface area contributed by atoms with E-state index in [1.54, 1.807) is 30.3 Å². The van der Waals surface area contributed by atoms with Crippen LogP contribution in [0, 0.1) is 11.6 Å². The van der Waals surface area contributed by atoms with Gasteiger partial charge in [-0.2, -0.15) is 0 Å². The van der Waals surface area contributed by atoms with Gasteiger partial charge in [-0.25, -0.2) is 22.0 Å². The molecule has 0 aromatic heterocycles. The van der Waals surface area contributed by atoms with Gasteiger partial charge in [-0.05, 0) is 24.1 Å². The van der Waals surface area contributed by atoms with Gasteiger partial charge in [0.05, 0.1) is 11.5 Å². The number of carbonyl (C=O) groups is 2. The molecule has 0 radical (unpaired) electrons. The van der Waals surface area contributed by atoms with Gasteiger partial charge in [0.25, 0.3) is 5.91 Å². The van der Waals surface area contributed by atoms with Crippen LogP contribution in [0.15, 0.2) is 48.5 Å². The molecule has 2 aromatic rings. The third kappa shape index (κ3) is 5.17. The molecule has 154 valence electrons. The van der Waals surface area contributed by atoms with Gasteiger partial charge in [-0.15, -0.1) is 0 Å². The quantitative estimate of drug-likeness (QED) is 0.667. The number of benzene rings is 2. The van der Waals surface area contributed by atoms with Crippen molar-refractivity contribution < 1.29 is 31.5 Å². The van der Waals surface area contributed by atoms with Gasteiger partial charge in [-0.1, -0.05) is 36.4 Å². The first-order valence-corrected chi connectivity index (χ1v) is 10.7. The molecule has 1 atom stereocenters. The molecule has 1 unspecified atom stereocenters. The van der Waals surface area contributed by atoms with Gasteiger partial charge in [0, 0.05) is 12.6 Å². The van der Waals surface area contributed by atoms with Crippen LogP contribution in [0.4, 0.5) is 8.78 Å². The number of hydrogen-bond donors (Lipinski definition) is 0. The Morgan fingerprint density at radius 2 is 1.69 bits per heavy atom. The Hall–Kier alpha value is -2.81. The van der Waals surface area contributed by atoms with E-state index in [2.05, 4.69) is 0 Å². The number of amides is 1. The van der Waals surface area contributed by atoms with E-state index in [4.69, 9.17) is 4.74 Å². The zero-order chi connectivity index (χ0) is 21.0. The molecule has 29 heavy (non-hydrogen) atoms. The average molecular weight is 423 g/mol. The standard InChI is InChI=1S/C20H19F2NO5S/c21-16-7-4-8-17(22)19(16)20(25)28-12-18(24)23(11-14-5-2-1-3-6-14)15-9-10-29(26,27)13-15/h1-8,15H,9-13H2. The normalized spacial score (nSPS) is 17.7. The molecular weight excluding hydrogens is 404 g/mol. The third-order valence-corrected chi connectivity index (χ3v) is 6.41. The Balaban J connectivity index is 1.73. The molecule has 1 aliphatic rings. The van der Waals surface area contributed by atoms with E-state index >= 15 is 0 Å². The fraction of sp³-hybridized carbons (Fsp3) is 0.300. The molecule has 1 fully saturated rings. The van der Waals surface area contributed by atoms with E-state index in [0.717, 1.165) is 23.8 Å². The van der Waals surface area contributed by atoms with Crippen LogP contribution in [0.25, 0.3) is 0 Å². The maximum absolute atomic E-state index is 13.7. The van der Waals surface area contributed by atoms with Crippen molar-refractivity contribution in [2.45, 2.75) is 19.0 Å². The first-order chi connectivity index (χ1) is 13.8. The molecule has 0 bridgehead atoms. The Kier molecular flexibility index (Phi) is 6.26. The second-order valence-corrected chi connectivity index (χ2v) is 8.97. The van der Waals surface area contributed by atoms with Crippen LogP contribution in [0.5, 0.6) is 0 Å². The van der Waals surface area contributed by atoms with Crippen LogP contribution < -0.4 is 0 Å². The molecule has 2 aromatic carbocycles. The van der Waals surface area contributed by atoms with Gasteiger partial charge < -0.3 is 9.64 Å². The Bertz CT molecular complexity index is 991. The summed E-state index contributed by atoms with van der Waals surface area (Å²) in [6.07, 6.45) is 0.275. The number of ether oxygens (including phenoxy) is 1. The van der Waals surface area contributed by atoms with Crippen LogP contribution in [-0.2, 0) is 25.9 Å². The van der Waals surface area contributed by atoms with E-state index in [-0.39, 0.29) is 24.5 Å². The number of rotatable bonds is 6. The molecule has 6 nitrogen and oxygen atoms in total. The SMILES string of the molecule is O=C(OCC(=O)N(Cc1ccccc1)C1CCS(=O)(=O)C1)c1c(F)cccc1F. The zero-order valence-electron chi connectivity index (χ0n) is 15.4. The molecule has 0 aliphatic carbocycles. The Morgan fingerprint density at radius 1 is 1.03 bits per heavy atom. The first-order valence-electron chi connectivity index (χ1n) is 8.92.